The first-order valence-corrected chi connectivity index (χ1v) is 4.68. The average Bonchev–Trinajstić information content (AvgIpc) is 2.70. The molecule has 0 aromatic rings. The summed E-state index contributed by atoms with van der Waals surface area (Å²) >= 11 is 0. The van der Waals surface area contributed by atoms with Crippen LogP contribution >= 0.6 is 0 Å². The van der Waals surface area contributed by atoms with Gasteiger partial charge in [0.15, 0.2) is 0 Å². The van der Waals surface area contributed by atoms with Crippen LogP contribution in [-0.2, 0) is 4.79 Å². The second kappa shape index (κ2) is 3.37. The van der Waals surface area contributed by atoms with Crippen molar-refractivity contribution in [2.75, 3.05) is 13.1 Å². The minimum atomic E-state index is 0.147. The quantitative estimate of drug-likeness (QED) is 0.616. The third-order valence-corrected chi connectivity index (χ3v) is 2.77. The van der Waals surface area contributed by atoms with Gasteiger partial charge in [-0.3, -0.25) is 4.79 Å². The zero-order valence-electron chi connectivity index (χ0n) is 8.50. The van der Waals surface area contributed by atoms with E-state index in [2.05, 4.69) is 13.8 Å². The molecule has 0 saturated heterocycles. The fourth-order valence-corrected chi connectivity index (χ4v) is 1.54. The van der Waals surface area contributed by atoms with Crippen LogP contribution in [0, 0.1) is 22.7 Å². The van der Waals surface area contributed by atoms with E-state index in [0.717, 1.165) is 6.42 Å². The van der Waals surface area contributed by atoms with Crippen LogP contribution in [0.15, 0.2) is 0 Å². The summed E-state index contributed by atoms with van der Waals surface area (Å²) in [5.41, 5.74) is 0.167. The normalized spacial score (nSPS) is 23.4. The summed E-state index contributed by atoms with van der Waals surface area (Å²) in [6, 6.07) is 2.01. The molecule has 0 heterocycles. The molecular formula is C10H16N2O. The van der Waals surface area contributed by atoms with E-state index in [-0.39, 0.29) is 23.8 Å². The molecule has 13 heavy (non-hydrogen) atoms. The maximum Gasteiger partial charge on any atom is 0.227 e. The SMILES string of the molecule is CCN(CC#N)C(=O)C1CC1(C)C. The molecule has 1 rings (SSSR count). The van der Waals surface area contributed by atoms with Gasteiger partial charge in [-0.15, -0.1) is 0 Å². The van der Waals surface area contributed by atoms with Crippen molar-refractivity contribution in [1.29, 1.82) is 5.26 Å². The maximum atomic E-state index is 11.7. The van der Waals surface area contributed by atoms with Crippen molar-refractivity contribution >= 4 is 5.91 Å². The number of hydrogen-bond acceptors (Lipinski definition) is 2. The summed E-state index contributed by atoms with van der Waals surface area (Å²) in [7, 11) is 0. The first-order valence-electron chi connectivity index (χ1n) is 4.68. The van der Waals surface area contributed by atoms with E-state index in [4.69, 9.17) is 5.26 Å². The van der Waals surface area contributed by atoms with E-state index in [1.54, 1.807) is 4.90 Å². The smallest absolute Gasteiger partial charge is 0.227 e. The second-order valence-electron chi connectivity index (χ2n) is 4.26. The van der Waals surface area contributed by atoms with Gasteiger partial charge in [-0.25, -0.2) is 0 Å². The Balaban J connectivity index is 2.53. The van der Waals surface area contributed by atoms with Crippen molar-refractivity contribution in [2.45, 2.75) is 27.2 Å². The van der Waals surface area contributed by atoms with Crippen LogP contribution in [0.4, 0.5) is 0 Å². The van der Waals surface area contributed by atoms with Gasteiger partial charge in [-0.2, -0.15) is 5.26 Å². The highest BCUT2D eigenvalue weighted by atomic mass is 16.2. The Morgan fingerprint density at radius 2 is 2.23 bits per heavy atom. The zero-order valence-corrected chi connectivity index (χ0v) is 8.50. The van der Waals surface area contributed by atoms with Gasteiger partial charge < -0.3 is 4.90 Å². The van der Waals surface area contributed by atoms with Crippen molar-refractivity contribution in [3.63, 3.8) is 0 Å². The lowest BCUT2D eigenvalue weighted by Crippen LogP contribution is -2.33. The molecule has 0 aliphatic heterocycles. The lowest BCUT2D eigenvalue weighted by molar-refractivity contribution is -0.132. The number of carbonyl (C=O) groups excluding carboxylic acids is 1. The molecule has 1 amide bonds. The van der Waals surface area contributed by atoms with Gasteiger partial charge in [-0.05, 0) is 18.8 Å². The predicted molar refractivity (Wildman–Crippen MR) is 49.8 cm³/mol. The standard InChI is InChI=1S/C10H16N2O/c1-4-12(6-5-11)9(13)8-7-10(8,2)3/h8H,4,6-7H2,1-3H3. The molecule has 0 aromatic carbocycles. The van der Waals surface area contributed by atoms with Crippen molar-refractivity contribution in [2.24, 2.45) is 11.3 Å². The topological polar surface area (TPSA) is 44.1 Å². The fourth-order valence-electron chi connectivity index (χ4n) is 1.54. The molecule has 1 saturated carbocycles. The minimum absolute atomic E-state index is 0.147. The van der Waals surface area contributed by atoms with Gasteiger partial charge in [0, 0.05) is 12.5 Å². The molecule has 1 atom stereocenters. The number of hydrogen-bond donors (Lipinski definition) is 0. The highest BCUT2D eigenvalue weighted by Crippen LogP contribution is 2.52. The highest BCUT2D eigenvalue weighted by Gasteiger charge is 2.51. The summed E-state index contributed by atoms with van der Waals surface area (Å²) in [6.07, 6.45) is 0.966. The lowest BCUT2D eigenvalue weighted by atomic mass is 10.1. The monoisotopic (exact) mass is 180 g/mol. The average molecular weight is 180 g/mol. The van der Waals surface area contributed by atoms with E-state index in [0.29, 0.717) is 6.54 Å². The third kappa shape index (κ3) is 2.00. The number of amides is 1. The maximum absolute atomic E-state index is 11.7. The number of carbonyl (C=O) groups is 1. The summed E-state index contributed by atoms with van der Waals surface area (Å²) < 4.78 is 0. The molecule has 0 bridgehead atoms. The Kier molecular flexibility index (Phi) is 2.60. The first-order chi connectivity index (χ1) is 6.03. The van der Waals surface area contributed by atoms with E-state index >= 15 is 0 Å². The van der Waals surface area contributed by atoms with Crippen molar-refractivity contribution in [3.8, 4) is 6.07 Å². The Hall–Kier alpha value is -1.04. The molecule has 3 heteroatoms. The van der Waals surface area contributed by atoms with Crippen LogP contribution in [0.25, 0.3) is 0 Å². The third-order valence-electron chi connectivity index (χ3n) is 2.77. The van der Waals surface area contributed by atoms with Crippen LogP contribution in [0.3, 0.4) is 0 Å². The Bertz CT molecular complexity index is 252. The minimum Gasteiger partial charge on any atom is -0.329 e. The molecule has 1 unspecified atom stereocenters. The predicted octanol–water partition coefficient (Wildman–Crippen LogP) is 1.40. The molecular weight excluding hydrogens is 164 g/mol. The van der Waals surface area contributed by atoms with Crippen LogP contribution in [-0.4, -0.2) is 23.9 Å². The van der Waals surface area contributed by atoms with Crippen molar-refractivity contribution in [1.82, 2.24) is 4.90 Å². The van der Waals surface area contributed by atoms with Crippen LogP contribution in [0.1, 0.15) is 27.2 Å². The highest BCUT2D eigenvalue weighted by molar-refractivity contribution is 5.82. The van der Waals surface area contributed by atoms with Crippen molar-refractivity contribution in [3.05, 3.63) is 0 Å². The van der Waals surface area contributed by atoms with Gasteiger partial charge in [0.25, 0.3) is 0 Å². The summed E-state index contributed by atoms with van der Waals surface area (Å²) in [6.45, 7) is 6.96. The van der Waals surface area contributed by atoms with Crippen LogP contribution < -0.4 is 0 Å². The van der Waals surface area contributed by atoms with Gasteiger partial charge in [0.05, 0.1) is 6.07 Å². The zero-order chi connectivity index (χ0) is 10.1. The Morgan fingerprint density at radius 1 is 1.69 bits per heavy atom. The lowest BCUT2D eigenvalue weighted by Gasteiger charge is -2.17. The Labute approximate surface area is 79.3 Å². The van der Waals surface area contributed by atoms with Crippen LogP contribution in [0.2, 0.25) is 0 Å². The molecule has 0 spiro atoms. The number of nitrogens with zero attached hydrogens (tertiary/aromatic N) is 2. The van der Waals surface area contributed by atoms with E-state index in [1.807, 2.05) is 13.0 Å². The van der Waals surface area contributed by atoms with Gasteiger partial charge in [0.2, 0.25) is 5.91 Å². The Morgan fingerprint density at radius 3 is 2.54 bits per heavy atom. The molecule has 72 valence electrons. The van der Waals surface area contributed by atoms with E-state index in [1.165, 1.54) is 0 Å². The summed E-state index contributed by atoms with van der Waals surface area (Å²) in [5, 5.41) is 8.51. The molecule has 0 aromatic heterocycles. The van der Waals surface area contributed by atoms with Crippen LogP contribution in [0.5, 0.6) is 0 Å². The van der Waals surface area contributed by atoms with Crippen molar-refractivity contribution < 1.29 is 4.79 Å². The second-order valence-corrected chi connectivity index (χ2v) is 4.26. The molecule has 1 aliphatic rings. The van der Waals surface area contributed by atoms with Gasteiger partial charge in [-0.1, -0.05) is 13.8 Å². The molecule has 1 fully saturated rings. The fraction of sp³-hybridized carbons (Fsp3) is 0.800. The van der Waals surface area contributed by atoms with Gasteiger partial charge >= 0.3 is 0 Å². The summed E-state index contributed by atoms with van der Waals surface area (Å²) in [5.74, 6) is 0.301. The van der Waals surface area contributed by atoms with E-state index in [9.17, 15) is 4.79 Å². The number of rotatable bonds is 3. The van der Waals surface area contributed by atoms with E-state index < -0.39 is 0 Å². The molecule has 1 aliphatic carbocycles. The van der Waals surface area contributed by atoms with Gasteiger partial charge in [0.1, 0.15) is 6.54 Å². The number of nitriles is 1. The molecule has 0 radical (unpaired) electrons. The molecule has 3 nitrogen and oxygen atoms in total. The molecule has 0 N–H and O–H groups in total. The summed E-state index contributed by atoms with van der Waals surface area (Å²) in [4.78, 5) is 13.3. The first kappa shape index (κ1) is 10.0. The largest absolute Gasteiger partial charge is 0.329 e.